The Morgan fingerprint density at radius 3 is 3.00 bits per heavy atom. The van der Waals surface area contributed by atoms with Crippen LogP contribution < -0.4 is 5.32 Å². The standard InChI is InChI=1S/C10H15ClN2O3/c1-2-16-10(15)5-8-7-13(4-3-12-8)9(14)6-11/h5,12H,2-4,6-7H2,1H3/b8-5-. The summed E-state index contributed by atoms with van der Waals surface area (Å²) >= 11 is 5.47. The van der Waals surface area contributed by atoms with Crippen molar-refractivity contribution >= 4 is 23.5 Å². The second-order valence-corrected chi connectivity index (χ2v) is 3.56. The van der Waals surface area contributed by atoms with Gasteiger partial charge in [-0.2, -0.15) is 0 Å². The van der Waals surface area contributed by atoms with Crippen LogP contribution in [-0.4, -0.2) is 48.9 Å². The van der Waals surface area contributed by atoms with Crippen molar-refractivity contribution in [3.05, 3.63) is 11.8 Å². The van der Waals surface area contributed by atoms with Gasteiger partial charge >= 0.3 is 5.97 Å². The predicted molar refractivity (Wildman–Crippen MR) is 60.0 cm³/mol. The maximum atomic E-state index is 11.3. The van der Waals surface area contributed by atoms with E-state index < -0.39 is 5.97 Å². The number of esters is 1. The lowest BCUT2D eigenvalue weighted by molar-refractivity contribution is -0.137. The zero-order valence-electron chi connectivity index (χ0n) is 9.16. The van der Waals surface area contributed by atoms with E-state index >= 15 is 0 Å². The second kappa shape index (κ2) is 6.37. The molecule has 1 aliphatic rings. The summed E-state index contributed by atoms with van der Waals surface area (Å²) in [7, 11) is 0. The molecule has 0 aromatic carbocycles. The van der Waals surface area contributed by atoms with E-state index in [4.69, 9.17) is 16.3 Å². The highest BCUT2D eigenvalue weighted by atomic mass is 35.5. The van der Waals surface area contributed by atoms with Crippen LogP contribution in [0.2, 0.25) is 0 Å². The summed E-state index contributed by atoms with van der Waals surface area (Å²) in [6.07, 6.45) is 1.37. The van der Waals surface area contributed by atoms with Crippen molar-refractivity contribution in [2.75, 3.05) is 32.1 Å². The molecule has 5 nitrogen and oxygen atoms in total. The fourth-order valence-electron chi connectivity index (χ4n) is 1.41. The van der Waals surface area contributed by atoms with Crippen molar-refractivity contribution in [3.8, 4) is 0 Å². The van der Waals surface area contributed by atoms with Crippen molar-refractivity contribution < 1.29 is 14.3 Å². The van der Waals surface area contributed by atoms with Crippen LogP contribution in [0.15, 0.2) is 11.8 Å². The first-order chi connectivity index (χ1) is 7.67. The average Bonchev–Trinajstić information content (AvgIpc) is 2.28. The van der Waals surface area contributed by atoms with Gasteiger partial charge in [-0.3, -0.25) is 4.79 Å². The van der Waals surface area contributed by atoms with Crippen molar-refractivity contribution in [3.63, 3.8) is 0 Å². The molecule has 0 radical (unpaired) electrons. The molecule has 1 saturated heterocycles. The van der Waals surface area contributed by atoms with E-state index in [-0.39, 0.29) is 11.8 Å². The van der Waals surface area contributed by atoms with Gasteiger partial charge in [0.05, 0.1) is 13.2 Å². The third-order valence-corrected chi connectivity index (χ3v) is 2.37. The van der Waals surface area contributed by atoms with E-state index in [0.717, 1.165) is 0 Å². The number of rotatable bonds is 3. The van der Waals surface area contributed by atoms with E-state index in [1.165, 1.54) is 6.08 Å². The number of nitrogens with one attached hydrogen (secondary N) is 1. The maximum Gasteiger partial charge on any atom is 0.332 e. The van der Waals surface area contributed by atoms with Gasteiger partial charge in [0.25, 0.3) is 0 Å². The molecule has 0 aromatic rings. The number of carbonyl (C=O) groups excluding carboxylic acids is 2. The molecule has 1 rings (SSSR count). The van der Waals surface area contributed by atoms with Crippen LogP contribution >= 0.6 is 11.6 Å². The first-order valence-corrected chi connectivity index (χ1v) is 5.65. The molecule has 0 unspecified atom stereocenters. The molecule has 0 bridgehead atoms. The Morgan fingerprint density at radius 1 is 1.62 bits per heavy atom. The summed E-state index contributed by atoms with van der Waals surface area (Å²) in [5, 5.41) is 3.04. The van der Waals surface area contributed by atoms with E-state index in [9.17, 15) is 9.59 Å². The molecule has 6 heteroatoms. The lowest BCUT2D eigenvalue weighted by Gasteiger charge is -2.29. The van der Waals surface area contributed by atoms with Gasteiger partial charge in [0.2, 0.25) is 5.91 Å². The fourth-order valence-corrected chi connectivity index (χ4v) is 1.58. The Labute approximate surface area is 99.4 Å². The number of nitrogens with zero attached hydrogens (tertiary/aromatic N) is 1. The van der Waals surface area contributed by atoms with E-state index in [1.54, 1.807) is 11.8 Å². The lowest BCUT2D eigenvalue weighted by atomic mass is 10.2. The van der Waals surface area contributed by atoms with Gasteiger partial charge < -0.3 is 15.0 Å². The molecule has 1 amide bonds. The third-order valence-electron chi connectivity index (χ3n) is 2.14. The highest BCUT2D eigenvalue weighted by molar-refractivity contribution is 6.27. The summed E-state index contributed by atoms with van der Waals surface area (Å²) in [6, 6.07) is 0. The average molecular weight is 247 g/mol. The summed E-state index contributed by atoms with van der Waals surface area (Å²) < 4.78 is 4.78. The highest BCUT2D eigenvalue weighted by Gasteiger charge is 2.18. The zero-order valence-corrected chi connectivity index (χ0v) is 9.92. The van der Waals surface area contributed by atoms with Crippen LogP contribution in [0.4, 0.5) is 0 Å². The Bertz CT molecular complexity index is 304. The van der Waals surface area contributed by atoms with Gasteiger partial charge in [-0.05, 0) is 6.92 Å². The maximum absolute atomic E-state index is 11.3. The second-order valence-electron chi connectivity index (χ2n) is 3.30. The molecule has 1 fully saturated rings. The van der Waals surface area contributed by atoms with Crippen LogP contribution in [0, 0.1) is 0 Å². The number of amides is 1. The van der Waals surface area contributed by atoms with Gasteiger partial charge in [-0.25, -0.2) is 4.79 Å². The van der Waals surface area contributed by atoms with Gasteiger partial charge in [-0.1, -0.05) is 0 Å². The topological polar surface area (TPSA) is 58.6 Å². The zero-order chi connectivity index (χ0) is 12.0. The van der Waals surface area contributed by atoms with Crippen molar-refractivity contribution in [1.29, 1.82) is 0 Å². The van der Waals surface area contributed by atoms with E-state index in [0.29, 0.717) is 31.9 Å². The first kappa shape index (κ1) is 12.8. The SMILES string of the molecule is CCOC(=O)/C=C1/CN(C(=O)CCl)CCN1. The van der Waals surface area contributed by atoms with Crippen molar-refractivity contribution in [1.82, 2.24) is 10.2 Å². The van der Waals surface area contributed by atoms with Crippen LogP contribution in [0.1, 0.15) is 6.92 Å². The molecular formula is C10H15ClN2O3. The van der Waals surface area contributed by atoms with Gasteiger partial charge in [0, 0.05) is 24.9 Å². The molecular weight excluding hydrogens is 232 g/mol. The third kappa shape index (κ3) is 3.73. The van der Waals surface area contributed by atoms with Crippen LogP contribution in [0.3, 0.4) is 0 Å². The number of hydrogen-bond acceptors (Lipinski definition) is 4. The van der Waals surface area contributed by atoms with Crippen LogP contribution in [-0.2, 0) is 14.3 Å². The summed E-state index contributed by atoms with van der Waals surface area (Å²) in [4.78, 5) is 24.1. The number of ether oxygens (including phenoxy) is 1. The van der Waals surface area contributed by atoms with Gasteiger partial charge in [0.15, 0.2) is 0 Å². The Morgan fingerprint density at radius 2 is 2.38 bits per heavy atom. The molecule has 0 aromatic heterocycles. The van der Waals surface area contributed by atoms with E-state index in [2.05, 4.69) is 5.32 Å². The van der Waals surface area contributed by atoms with Gasteiger partial charge in [0.1, 0.15) is 5.88 Å². The Kier molecular flexibility index (Phi) is 5.11. The first-order valence-electron chi connectivity index (χ1n) is 5.12. The molecule has 0 atom stereocenters. The summed E-state index contributed by atoms with van der Waals surface area (Å²) in [5.74, 6) is -0.560. The minimum Gasteiger partial charge on any atom is -0.463 e. The molecule has 1 aliphatic heterocycles. The molecule has 1 heterocycles. The molecule has 0 saturated carbocycles. The number of piperazine rings is 1. The molecule has 0 spiro atoms. The summed E-state index contributed by atoms with van der Waals surface area (Å²) in [6.45, 7) is 3.69. The number of alkyl halides is 1. The molecule has 16 heavy (non-hydrogen) atoms. The number of carbonyl (C=O) groups is 2. The van der Waals surface area contributed by atoms with Gasteiger partial charge in [-0.15, -0.1) is 11.6 Å². The number of hydrogen-bond donors (Lipinski definition) is 1. The number of halogens is 1. The van der Waals surface area contributed by atoms with Crippen LogP contribution in [0.5, 0.6) is 0 Å². The quantitative estimate of drug-likeness (QED) is 0.436. The lowest BCUT2D eigenvalue weighted by Crippen LogP contribution is -2.45. The summed E-state index contributed by atoms with van der Waals surface area (Å²) in [5.41, 5.74) is 0.683. The van der Waals surface area contributed by atoms with E-state index in [1.807, 2.05) is 0 Å². The highest BCUT2D eigenvalue weighted by Crippen LogP contribution is 2.04. The Hall–Kier alpha value is -1.23. The minimum absolute atomic E-state index is 0.0350. The monoisotopic (exact) mass is 246 g/mol. The molecule has 1 N–H and O–H groups in total. The molecule has 0 aliphatic carbocycles. The Balaban J connectivity index is 2.56. The molecule has 90 valence electrons. The van der Waals surface area contributed by atoms with Crippen molar-refractivity contribution in [2.24, 2.45) is 0 Å². The smallest absolute Gasteiger partial charge is 0.332 e. The van der Waals surface area contributed by atoms with Crippen LogP contribution in [0.25, 0.3) is 0 Å². The predicted octanol–water partition coefficient (Wildman–Crippen LogP) is 0.104. The van der Waals surface area contributed by atoms with Crippen molar-refractivity contribution in [2.45, 2.75) is 6.92 Å². The fraction of sp³-hybridized carbons (Fsp3) is 0.600. The normalized spacial score (nSPS) is 18.1. The largest absolute Gasteiger partial charge is 0.463 e. The minimum atomic E-state index is -0.398.